The molecule has 0 amide bonds. The molecule has 0 fully saturated rings. The molecule has 2 aromatic rings. The molecule has 0 spiro atoms. The van der Waals surface area contributed by atoms with Crippen LogP contribution >= 0.6 is 35.3 Å². The minimum atomic E-state index is 0.191. The second-order valence-corrected chi connectivity index (χ2v) is 8.27. The van der Waals surface area contributed by atoms with Gasteiger partial charge in [-0.2, -0.15) is 0 Å². The van der Waals surface area contributed by atoms with Gasteiger partial charge in [0.25, 0.3) is 0 Å². The highest BCUT2D eigenvalue weighted by atomic mass is 32.2. The molecule has 0 heterocycles. The molecule has 120 valence electrons. The Morgan fingerprint density at radius 1 is 0.652 bits per heavy atom. The van der Waals surface area contributed by atoms with Crippen molar-refractivity contribution in [2.75, 3.05) is 11.5 Å². The number of carbonyl (C=O) groups excluding carboxylic acids is 2. The van der Waals surface area contributed by atoms with Gasteiger partial charge >= 0.3 is 0 Å². The second kappa shape index (κ2) is 9.21. The molecule has 23 heavy (non-hydrogen) atoms. The molecule has 0 N–H and O–H groups in total. The van der Waals surface area contributed by atoms with Gasteiger partial charge in [0.2, 0.25) is 0 Å². The normalized spacial score (nSPS) is 10.5. The van der Waals surface area contributed by atoms with Crippen molar-refractivity contribution in [2.45, 2.75) is 33.4 Å². The van der Waals surface area contributed by atoms with Gasteiger partial charge in [0.05, 0.1) is 11.5 Å². The predicted molar refractivity (Wildman–Crippen MR) is 99.8 cm³/mol. The number of carbonyl (C=O) groups is 2. The number of thioether (sulfide) groups is 2. The van der Waals surface area contributed by atoms with E-state index >= 15 is 0 Å². The number of benzene rings is 2. The van der Waals surface area contributed by atoms with Gasteiger partial charge in [-0.05, 0) is 62.4 Å². The zero-order chi connectivity index (χ0) is 16.7. The molecule has 0 aromatic heterocycles. The number of hydrogen-bond acceptors (Lipinski definition) is 5. The third-order valence-corrected chi connectivity index (χ3v) is 6.10. The highest BCUT2D eigenvalue weighted by molar-refractivity contribution is 8.00. The van der Waals surface area contributed by atoms with E-state index in [-0.39, 0.29) is 11.6 Å². The fraction of sp³-hybridized carbons (Fsp3) is 0.222. The van der Waals surface area contributed by atoms with Crippen LogP contribution in [0.2, 0.25) is 0 Å². The lowest BCUT2D eigenvalue weighted by molar-refractivity contribution is -0.115. The summed E-state index contributed by atoms with van der Waals surface area (Å²) in [7, 11) is 0. The average Bonchev–Trinajstić information content (AvgIpc) is 2.53. The number of hydrogen-bond donors (Lipinski definition) is 0. The third kappa shape index (κ3) is 6.85. The first-order chi connectivity index (χ1) is 11.0. The van der Waals surface area contributed by atoms with E-state index in [1.165, 1.54) is 9.79 Å². The van der Waals surface area contributed by atoms with Crippen LogP contribution in [-0.2, 0) is 9.59 Å². The van der Waals surface area contributed by atoms with Gasteiger partial charge < -0.3 is 0 Å². The molecule has 0 atom stereocenters. The maximum absolute atomic E-state index is 11.0. The average molecular weight is 363 g/mol. The van der Waals surface area contributed by atoms with Crippen molar-refractivity contribution in [3.8, 4) is 0 Å². The van der Waals surface area contributed by atoms with E-state index < -0.39 is 0 Å². The molecule has 0 saturated heterocycles. The van der Waals surface area contributed by atoms with Crippen molar-refractivity contribution in [3.05, 3.63) is 48.5 Å². The Hall–Kier alpha value is -1.17. The SMILES string of the molecule is CC(=O)CSc1ccc(Sc2ccc(SCC(C)=O)cc2)cc1. The Bertz CT molecular complexity index is 604. The van der Waals surface area contributed by atoms with E-state index in [2.05, 4.69) is 24.3 Å². The zero-order valence-electron chi connectivity index (χ0n) is 13.1. The Morgan fingerprint density at radius 3 is 1.26 bits per heavy atom. The van der Waals surface area contributed by atoms with E-state index in [0.29, 0.717) is 11.5 Å². The van der Waals surface area contributed by atoms with Crippen LogP contribution in [0.4, 0.5) is 0 Å². The second-order valence-electron chi connectivity index (χ2n) is 5.03. The van der Waals surface area contributed by atoms with Crippen molar-refractivity contribution in [1.29, 1.82) is 0 Å². The van der Waals surface area contributed by atoms with Gasteiger partial charge in [-0.1, -0.05) is 11.8 Å². The Morgan fingerprint density at radius 2 is 0.957 bits per heavy atom. The van der Waals surface area contributed by atoms with Crippen LogP contribution in [-0.4, -0.2) is 23.1 Å². The molecule has 0 bridgehead atoms. The molecular weight excluding hydrogens is 344 g/mol. The fourth-order valence-corrected chi connectivity index (χ4v) is 3.93. The molecule has 0 unspecified atom stereocenters. The highest BCUT2D eigenvalue weighted by Crippen LogP contribution is 2.31. The van der Waals surface area contributed by atoms with Crippen molar-refractivity contribution in [1.82, 2.24) is 0 Å². The van der Waals surface area contributed by atoms with Crippen LogP contribution in [0.3, 0.4) is 0 Å². The van der Waals surface area contributed by atoms with Gasteiger partial charge in [-0.15, -0.1) is 23.5 Å². The lowest BCUT2D eigenvalue weighted by atomic mass is 10.4. The monoisotopic (exact) mass is 362 g/mol. The van der Waals surface area contributed by atoms with E-state index in [0.717, 1.165) is 9.79 Å². The van der Waals surface area contributed by atoms with Crippen LogP contribution in [0.5, 0.6) is 0 Å². The Kier molecular flexibility index (Phi) is 7.27. The first kappa shape index (κ1) is 18.2. The van der Waals surface area contributed by atoms with Crippen LogP contribution in [0.25, 0.3) is 0 Å². The van der Waals surface area contributed by atoms with Crippen molar-refractivity contribution < 1.29 is 9.59 Å². The summed E-state index contributed by atoms with van der Waals surface area (Å²) in [5, 5.41) is 0. The number of Topliss-reactive ketones (excluding diaryl/α,β-unsaturated/α-hetero) is 2. The van der Waals surface area contributed by atoms with E-state index in [4.69, 9.17) is 0 Å². The molecule has 2 rings (SSSR count). The van der Waals surface area contributed by atoms with Gasteiger partial charge in [0.15, 0.2) is 0 Å². The van der Waals surface area contributed by atoms with Gasteiger partial charge in [-0.25, -0.2) is 0 Å². The first-order valence-corrected chi connectivity index (χ1v) is 9.94. The van der Waals surface area contributed by atoms with Gasteiger partial charge in [0, 0.05) is 19.6 Å². The summed E-state index contributed by atoms with van der Waals surface area (Å²) in [5.41, 5.74) is 0. The molecule has 5 heteroatoms. The minimum Gasteiger partial charge on any atom is -0.299 e. The van der Waals surface area contributed by atoms with E-state index in [1.54, 1.807) is 49.1 Å². The van der Waals surface area contributed by atoms with Crippen LogP contribution in [0, 0.1) is 0 Å². The molecule has 0 aliphatic heterocycles. The standard InChI is InChI=1S/C18H18O2S3/c1-13(19)11-21-15-3-7-17(8-4-15)23-18-9-5-16(6-10-18)22-12-14(2)20/h3-10H,11-12H2,1-2H3. The molecule has 0 saturated carbocycles. The highest BCUT2D eigenvalue weighted by Gasteiger charge is 2.02. The number of rotatable bonds is 8. The summed E-state index contributed by atoms with van der Waals surface area (Å²) in [5.74, 6) is 1.42. The van der Waals surface area contributed by atoms with Crippen molar-refractivity contribution in [2.24, 2.45) is 0 Å². The summed E-state index contributed by atoms with van der Waals surface area (Å²) in [4.78, 5) is 26.5. The van der Waals surface area contributed by atoms with E-state index in [9.17, 15) is 9.59 Å². The number of ketones is 2. The van der Waals surface area contributed by atoms with Gasteiger partial charge in [-0.3, -0.25) is 9.59 Å². The topological polar surface area (TPSA) is 34.1 Å². The predicted octanol–water partition coefficient (Wildman–Crippen LogP) is 5.20. The van der Waals surface area contributed by atoms with Crippen LogP contribution < -0.4 is 0 Å². The lowest BCUT2D eigenvalue weighted by Gasteiger charge is -2.05. The maximum Gasteiger partial charge on any atom is 0.140 e. The quantitative estimate of drug-likeness (QED) is 0.603. The van der Waals surface area contributed by atoms with Crippen LogP contribution in [0.1, 0.15) is 13.8 Å². The summed E-state index contributed by atoms with van der Waals surface area (Å²) >= 11 is 4.83. The minimum absolute atomic E-state index is 0.191. The molecule has 0 aliphatic carbocycles. The lowest BCUT2D eigenvalue weighted by Crippen LogP contribution is -1.92. The Labute approximate surface area is 149 Å². The summed E-state index contributed by atoms with van der Waals surface area (Å²) in [6, 6.07) is 16.5. The van der Waals surface area contributed by atoms with Crippen molar-refractivity contribution in [3.63, 3.8) is 0 Å². The summed E-state index contributed by atoms with van der Waals surface area (Å²) in [6.45, 7) is 3.21. The fourth-order valence-electron chi connectivity index (χ4n) is 1.71. The molecule has 2 nitrogen and oxygen atoms in total. The third-order valence-electron chi connectivity index (χ3n) is 2.77. The molecular formula is C18H18O2S3. The van der Waals surface area contributed by atoms with Crippen LogP contribution in [0.15, 0.2) is 68.1 Å². The first-order valence-electron chi connectivity index (χ1n) is 7.15. The molecule has 0 aliphatic rings. The molecule has 2 aromatic carbocycles. The summed E-state index contributed by atoms with van der Waals surface area (Å²) in [6.07, 6.45) is 0. The van der Waals surface area contributed by atoms with Gasteiger partial charge in [0.1, 0.15) is 11.6 Å². The maximum atomic E-state index is 11.0. The largest absolute Gasteiger partial charge is 0.299 e. The summed E-state index contributed by atoms with van der Waals surface area (Å²) < 4.78 is 0. The molecule has 0 radical (unpaired) electrons. The van der Waals surface area contributed by atoms with Crippen molar-refractivity contribution >= 4 is 46.9 Å². The smallest absolute Gasteiger partial charge is 0.140 e. The Balaban J connectivity index is 1.91. The van der Waals surface area contributed by atoms with E-state index in [1.807, 2.05) is 24.3 Å². The zero-order valence-corrected chi connectivity index (χ0v) is 15.5.